The number of nitrogens with zero attached hydrogens (tertiary/aromatic N) is 4. The van der Waals surface area contributed by atoms with Crippen LogP contribution in [0.15, 0.2) is 9.72 Å². The number of thioether (sulfide) groups is 1. The van der Waals surface area contributed by atoms with Crippen LogP contribution in [-0.2, 0) is 5.75 Å². The molecule has 0 fully saturated rings. The van der Waals surface area contributed by atoms with Crippen molar-refractivity contribution in [3.05, 3.63) is 16.1 Å². The van der Waals surface area contributed by atoms with E-state index in [-0.39, 0.29) is 5.01 Å². The van der Waals surface area contributed by atoms with Crippen LogP contribution in [0.1, 0.15) is 15.5 Å². The Morgan fingerprint density at radius 3 is 2.83 bits per heavy atom. The summed E-state index contributed by atoms with van der Waals surface area (Å²) in [5.74, 6) is -0.381. The molecule has 1 N–H and O–H groups in total. The van der Waals surface area contributed by atoms with E-state index in [1.54, 1.807) is 5.38 Å². The number of anilines is 1. The average Bonchev–Trinajstić information content (AvgIpc) is 2.95. The Morgan fingerprint density at radius 2 is 2.28 bits per heavy atom. The molecule has 0 aliphatic carbocycles. The molecule has 9 heteroatoms. The van der Waals surface area contributed by atoms with Gasteiger partial charge in [0, 0.05) is 25.2 Å². The molecule has 0 atom stereocenters. The molecule has 0 radical (unpaired) electrons. The molecule has 0 aliphatic rings. The first-order valence-corrected chi connectivity index (χ1v) is 7.56. The van der Waals surface area contributed by atoms with E-state index in [0.29, 0.717) is 5.75 Å². The first-order valence-electron chi connectivity index (χ1n) is 4.87. The summed E-state index contributed by atoms with van der Waals surface area (Å²) in [6, 6.07) is 0. The third-order valence-electron chi connectivity index (χ3n) is 1.86. The van der Waals surface area contributed by atoms with E-state index in [1.807, 2.05) is 19.0 Å². The van der Waals surface area contributed by atoms with Gasteiger partial charge in [0.2, 0.25) is 10.1 Å². The number of rotatable bonds is 5. The Morgan fingerprint density at radius 1 is 1.50 bits per heavy atom. The van der Waals surface area contributed by atoms with E-state index in [0.717, 1.165) is 26.5 Å². The van der Waals surface area contributed by atoms with Crippen molar-refractivity contribution >= 4 is 45.5 Å². The van der Waals surface area contributed by atoms with E-state index in [1.165, 1.54) is 23.1 Å². The van der Waals surface area contributed by atoms with Crippen molar-refractivity contribution in [1.29, 1.82) is 0 Å². The van der Waals surface area contributed by atoms with Crippen molar-refractivity contribution in [3.63, 3.8) is 0 Å². The number of carbonyl (C=O) groups is 1. The van der Waals surface area contributed by atoms with Crippen LogP contribution in [0.3, 0.4) is 0 Å². The molecule has 96 valence electrons. The first kappa shape index (κ1) is 13.2. The van der Waals surface area contributed by atoms with Crippen LogP contribution in [0.5, 0.6) is 0 Å². The number of aromatic carboxylic acids is 1. The fourth-order valence-corrected chi connectivity index (χ4v) is 3.46. The minimum atomic E-state index is -0.984. The maximum absolute atomic E-state index is 10.7. The number of carboxylic acid groups (broad SMARTS) is 1. The Bertz CT molecular complexity index is 552. The second-order valence-electron chi connectivity index (χ2n) is 3.48. The zero-order chi connectivity index (χ0) is 13.1. The molecule has 0 bridgehead atoms. The number of thiazole rings is 1. The summed E-state index contributed by atoms with van der Waals surface area (Å²) in [5.41, 5.74) is 0.754. The SMILES string of the molecule is CN(C)c1nnc(SCc2csc(C(=O)O)n2)s1. The first-order chi connectivity index (χ1) is 8.56. The average molecular weight is 302 g/mol. The van der Waals surface area contributed by atoms with Gasteiger partial charge in [-0.25, -0.2) is 9.78 Å². The van der Waals surface area contributed by atoms with Crippen molar-refractivity contribution in [2.75, 3.05) is 19.0 Å². The molecule has 0 aliphatic heterocycles. The summed E-state index contributed by atoms with van der Waals surface area (Å²) >= 11 is 4.14. The van der Waals surface area contributed by atoms with E-state index in [9.17, 15) is 4.79 Å². The van der Waals surface area contributed by atoms with E-state index in [2.05, 4.69) is 15.2 Å². The van der Waals surface area contributed by atoms with Gasteiger partial charge < -0.3 is 10.0 Å². The lowest BCUT2D eigenvalue weighted by molar-refractivity contribution is 0.0696. The van der Waals surface area contributed by atoms with Gasteiger partial charge in [-0.3, -0.25) is 0 Å². The topological polar surface area (TPSA) is 79.2 Å². The fraction of sp³-hybridized carbons (Fsp3) is 0.333. The summed E-state index contributed by atoms with van der Waals surface area (Å²) in [6.07, 6.45) is 0. The van der Waals surface area contributed by atoms with Gasteiger partial charge in [-0.2, -0.15) is 0 Å². The van der Waals surface area contributed by atoms with Gasteiger partial charge in [-0.15, -0.1) is 21.5 Å². The lowest BCUT2D eigenvalue weighted by atomic mass is 10.6. The highest BCUT2D eigenvalue weighted by molar-refractivity contribution is 8.00. The highest BCUT2D eigenvalue weighted by Gasteiger charge is 2.11. The third kappa shape index (κ3) is 3.18. The van der Waals surface area contributed by atoms with Gasteiger partial charge in [0.05, 0.1) is 5.69 Å². The highest BCUT2D eigenvalue weighted by atomic mass is 32.2. The van der Waals surface area contributed by atoms with Crippen LogP contribution in [0.2, 0.25) is 0 Å². The lowest BCUT2D eigenvalue weighted by Crippen LogP contribution is -2.07. The molecule has 0 saturated heterocycles. The number of hydrogen-bond donors (Lipinski definition) is 1. The maximum atomic E-state index is 10.7. The standard InChI is InChI=1S/C9H10N4O2S3/c1-13(2)8-11-12-9(18-8)17-4-5-3-16-6(10-5)7(14)15/h3H,4H2,1-2H3,(H,14,15). The van der Waals surface area contributed by atoms with Crippen molar-refractivity contribution in [2.24, 2.45) is 0 Å². The summed E-state index contributed by atoms with van der Waals surface area (Å²) in [7, 11) is 3.82. The molecule has 0 spiro atoms. The monoisotopic (exact) mass is 302 g/mol. The number of aromatic nitrogens is 3. The maximum Gasteiger partial charge on any atom is 0.365 e. The molecule has 18 heavy (non-hydrogen) atoms. The van der Waals surface area contributed by atoms with Gasteiger partial charge in [0.1, 0.15) is 0 Å². The highest BCUT2D eigenvalue weighted by Crippen LogP contribution is 2.29. The smallest absolute Gasteiger partial charge is 0.365 e. The van der Waals surface area contributed by atoms with Gasteiger partial charge in [-0.05, 0) is 0 Å². The molecule has 2 heterocycles. The molecule has 0 unspecified atom stereocenters. The molecule has 2 rings (SSSR count). The Labute approximate surface area is 116 Å². The van der Waals surface area contributed by atoms with Crippen molar-refractivity contribution in [1.82, 2.24) is 15.2 Å². The van der Waals surface area contributed by atoms with Crippen LogP contribution in [0.4, 0.5) is 5.13 Å². The predicted octanol–water partition coefficient (Wildman–Crippen LogP) is 2.05. The third-order valence-corrected chi connectivity index (χ3v) is 4.99. The van der Waals surface area contributed by atoms with Crippen molar-refractivity contribution < 1.29 is 9.90 Å². The van der Waals surface area contributed by atoms with E-state index in [4.69, 9.17) is 5.11 Å². The normalized spacial score (nSPS) is 10.6. The van der Waals surface area contributed by atoms with Gasteiger partial charge >= 0.3 is 5.97 Å². The molecule has 2 aromatic rings. The number of hydrogen-bond acceptors (Lipinski definition) is 8. The van der Waals surface area contributed by atoms with Crippen LogP contribution in [-0.4, -0.2) is 40.4 Å². The summed E-state index contributed by atoms with van der Waals surface area (Å²) in [5, 5.41) is 19.6. The Kier molecular flexibility index (Phi) is 4.15. The molecular weight excluding hydrogens is 292 g/mol. The van der Waals surface area contributed by atoms with Gasteiger partial charge in [0.25, 0.3) is 0 Å². The summed E-state index contributed by atoms with van der Waals surface area (Å²) in [4.78, 5) is 16.6. The quantitative estimate of drug-likeness (QED) is 0.847. The minimum Gasteiger partial charge on any atom is -0.476 e. The molecule has 0 amide bonds. The fourth-order valence-electron chi connectivity index (χ4n) is 1.05. The minimum absolute atomic E-state index is 0.122. The Balaban J connectivity index is 1.95. The largest absolute Gasteiger partial charge is 0.476 e. The van der Waals surface area contributed by atoms with Crippen LogP contribution >= 0.6 is 34.4 Å². The van der Waals surface area contributed by atoms with Crippen molar-refractivity contribution in [3.8, 4) is 0 Å². The van der Waals surface area contributed by atoms with Crippen LogP contribution in [0.25, 0.3) is 0 Å². The van der Waals surface area contributed by atoms with Gasteiger partial charge in [-0.1, -0.05) is 23.1 Å². The zero-order valence-corrected chi connectivity index (χ0v) is 12.1. The van der Waals surface area contributed by atoms with Crippen LogP contribution < -0.4 is 4.90 Å². The van der Waals surface area contributed by atoms with Crippen LogP contribution in [0, 0.1) is 0 Å². The second kappa shape index (κ2) is 5.63. The predicted molar refractivity (Wildman–Crippen MR) is 72.9 cm³/mol. The molecule has 0 saturated carbocycles. The van der Waals surface area contributed by atoms with E-state index < -0.39 is 5.97 Å². The Hall–Kier alpha value is -1.19. The molecule has 2 aromatic heterocycles. The molecular formula is C9H10N4O2S3. The number of carboxylic acids is 1. The second-order valence-corrected chi connectivity index (χ2v) is 6.52. The lowest BCUT2D eigenvalue weighted by Gasteiger charge is -2.03. The molecule has 0 aromatic carbocycles. The zero-order valence-electron chi connectivity index (χ0n) is 9.65. The summed E-state index contributed by atoms with van der Waals surface area (Å²) in [6.45, 7) is 0. The van der Waals surface area contributed by atoms with Gasteiger partial charge in [0.15, 0.2) is 4.34 Å². The molecule has 6 nitrogen and oxygen atoms in total. The van der Waals surface area contributed by atoms with E-state index >= 15 is 0 Å². The summed E-state index contributed by atoms with van der Waals surface area (Å²) < 4.78 is 0.851. The van der Waals surface area contributed by atoms with Crippen molar-refractivity contribution in [2.45, 2.75) is 10.1 Å².